The molecule has 3 rings (SSSR count). The van der Waals surface area contributed by atoms with E-state index in [-0.39, 0.29) is 30.7 Å². The third-order valence-electron chi connectivity index (χ3n) is 5.15. The number of rotatable bonds is 7. The van der Waals surface area contributed by atoms with E-state index in [2.05, 4.69) is 4.99 Å². The second-order valence-corrected chi connectivity index (χ2v) is 9.92. The molecule has 10 heteroatoms. The van der Waals surface area contributed by atoms with Crippen LogP contribution in [0.2, 0.25) is 10.0 Å². The average molecular weight is 523 g/mol. The van der Waals surface area contributed by atoms with Crippen LogP contribution in [0.15, 0.2) is 47.5 Å². The summed E-state index contributed by atoms with van der Waals surface area (Å²) < 4.78 is 17.1. The minimum Gasteiger partial charge on any atom is -0.489 e. The summed E-state index contributed by atoms with van der Waals surface area (Å²) in [7, 11) is 1.69. The Kier molecular flexibility index (Phi) is 8.88. The van der Waals surface area contributed by atoms with Crippen molar-refractivity contribution in [3.8, 4) is 5.75 Å². The number of amides is 2. The molecule has 0 radical (unpaired) electrons. The van der Waals surface area contributed by atoms with Gasteiger partial charge in [0.25, 0.3) is 0 Å². The quantitative estimate of drug-likeness (QED) is 0.386. The second kappa shape index (κ2) is 11.5. The van der Waals surface area contributed by atoms with Crippen LogP contribution in [-0.2, 0) is 16.0 Å². The maximum absolute atomic E-state index is 13.5. The van der Waals surface area contributed by atoms with Crippen molar-refractivity contribution in [2.24, 2.45) is 10.7 Å². The van der Waals surface area contributed by atoms with E-state index < -0.39 is 5.79 Å². The lowest BCUT2D eigenvalue weighted by Gasteiger charge is -2.29. The minimum absolute atomic E-state index is 0.0187. The molecule has 1 fully saturated rings. The smallest absolute Gasteiger partial charge is 0.326 e. The fraction of sp³-hybridized carbons (Fsp3) is 0.440. The van der Waals surface area contributed by atoms with Gasteiger partial charge in [-0.15, -0.1) is 0 Å². The summed E-state index contributed by atoms with van der Waals surface area (Å²) >= 11 is 12.4. The molecule has 1 heterocycles. The van der Waals surface area contributed by atoms with Gasteiger partial charge in [0.05, 0.1) is 36.5 Å². The molecular formula is C25H32Cl2N4O4. The van der Waals surface area contributed by atoms with Crippen molar-refractivity contribution in [1.82, 2.24) is 9.80 Å². The molecule has 2 aromatic rings. The zero-order chi connectivity index (χ0) is 25.8. The highest BCUT2D eigenvalue weighted by atomic mass is 35.5. The molecule has 2 amide bonds. The van der Waals surface area contributed by atoms with Gasteiger partial charge in [-0.3, -0.25) is 4.90 Å². The van der Waals surface area contributed by atoms with Crippen molar-refractivity contribution in [2.45, 2.75) is 52.2 Å². The highest BCUT2D eigenvalue weighted by Gasteiger charge is 2.34. The predicted molar refractivity (Wildman–Crippen MR) is 138 cm³/mol. The summed E-state index contributed by atoms with van der Waals surface area (Å²) in [5, 5.41) is 1.01. The zero-order valence-corrected chi connectivity index (χ0v) is 22.1. The van der Waals surface area contributed by atoms with Gasteiger partial charge in [0.2, 0.25) is 5.96 Å². The van der Waals surface area contributed by atoms with E-state index in [9.17, 15) is 4.79 Å². The number of aliphatic imine (C=N–C) groups is 1. The van der Waals surface area contributed by atoms with E-state index in [0.29, 0.717) is 34.6 Å². The summed E-state index contributed by atoms with van der Waals surface area (Å²) in [5.74, 6) is -0.105. The molecule has 8 nitrogen and oxygen atoms in total. The van der Waals surface area contributed by atoms with Crippen LogP contribution in [-0.4, -0.2) is 60.0 Å². The van der Waals surface area contributed by atoms with E-state index in [0.717, 1.165) is 5.56 Å². The van der Waals surface area contributed by atoms with E-state index >= 15 is 0 Å². The van der Waals surface area contributed by atoms with Crippen LogP contribution in [0.4, 0.5) is 10.5 Å². The molecule has 1 atom stereocenters. The van der Waals surface area contributed by atoms with E-state index in [1.54, 1.807) is 42.3 Å². The zero-order valence-electron chi connectivity index (χ0n) is 20.6. The SMILES string of the molecule is CC(C)Oc1ccc(/N=C(\N)N(Cc2ccc(Cl)cc2)C(=O)N(C)C[C@@H]2COC(C)(C)O2)cc1Cl. The highest BCUT2D eigenvalue weighted by Crippen LogP contribution is 2.30. The number of nitrogens with zero attached hydrogens (tertiary/aromatic N) is 3. The molecule has 0 bridgehead atoms. The van der Waals surface area contributed by atoms with Crippen LogP contribution in [0.5, 0.6) is 5.75 Å². The Labute approximate surface area is 216 Å². The van der Waals surface area contributed by atoms with Crippen molar-refractivity contribution < 1.29 is 19.0 Å². The Morgan fingerprint density at radius 2 is 1.91 bits per heavy atom. The summed E-state index contributed by atoms with van der Waals surface area (Å²) in [5.41, 5.74) is 7.70. The van der Waals surface area contributed by atoms with Crippen molar-refractivity contribution in [1.29, 1.82) is 0 Å². The number of benzene rings is 2. The second-order valence-electron chi connectivity index (χ2n) is 9.08. The molecule has 0 unspecified atom stereocenters. The Hall–Kier alpha value is -2.52. The monoisotopic (exact) mass is 522 g/mol. The van der Waals surface area contributed by atoms with Crippen LogP contribution in [0, 0.1) is 0 Å². The van der Waals surface area contributed by atoms with Crippen LogP contribution in [0.3, 0.4) is 0 Å². The Morgan fingerprint density at radius 1 is 1.23 bits per heavy atom. The number of urea groups is 1. The average Bonchev–Trinajstić information content (AvgIpc) is 3.12. The largest absolute Gasteiger partial charge is 0.489 e. The predicted octanol–water partition coefficient (Wildman–Crippen LogP) is 5.43. The highest BCUT2D eigenvalue weighted by molar-refractivity contribution is 6.32. The summed E-state index contributed by atoms with van der Waals surface area (Å²) in [6.07, 6.45) is -0.267. The van der Waals surface area contributed by atoms with Crippen molar-refractivity contribution in [3.05, 3.63) is 58.1 Å². The number of ether oxygens (including phenoxy) is 3. The van der Waals surface area contributed by atoms with Crippen molar-refractivity contribution in [3.63, 3.8) is 0 Å². The molecule has 0 aromatic heterocycles. The summed E-state index contributed by atoms with van der Waals surface area (Å²) in [6, 6.07) is 12.0. The van der Waals surface area contributed by atoms with E-state index in [1.165, 1.54) is 4.90 Å². The number of halogens is 2. The molecule has 0 aliphatic carbocycles. The molecule has 35 heavy (non-hydrogen) atoms. The first-order chi connectivity index (χ1) is 16.4. The molecule has 0 spiro atoms. The molecule has 190 valence electrons. The number of guanidine groups is 1. The van der Waals surface area contributed by atoms with Crippen molar-refractivity contribution >= 4 is 40.9 Å². The van der Waals surface area contributed by atoms with Gasteiger partial charge in [-0.2, -0.15) is 0 Å². The fourth-order valence-corrected chi connectivity index (χ4v) is 3.91. The first-order valence-electron chi connectivity index (χ1n) is 11.3. The van der Waals surface area contributed by atoms with Gasteiger partial charge in [0, 0.05) is 12.1 Å². The van der Waals surface area contributed by atoms with Gasteiger partial charge >= 0.3 is 6.03 Å². The number of likely N-dealkylation sites (N-methyl/N-ethyl adjacent to an activating group) is 1. The number of hydrogen-bond acceptors (Lipinski definition) is 5. The van der Waals surface area contributed by atoms with Gasteiger partial charge < -0.3 is 24.8 Å². The minimum atomic E-state index is -0.678. The Bertz CT molecular complexity index is 1060. The van der Waals surface area contributed by atoms with Crippen LogP contribution in [0.1, 0.15) is 33.3 Å². The molecule has 1 saturated heterocycles. The van der Waals surface area contributed by atoms with Crippen molar-refractivity contribution in [2.75, 3.05) is 20.2 Å². The maximum Gasteiger partial charge on any atom is 0.326 e. The first kappa shape index (κ1) is 27.1. The standard InChI is InChI=1S/C25H32Cl2N4O4/c1-16(2)34-22-11-10-19(12-21(22)27)29-23(28)31(13-17-6-8-18(26)9-7-17)24(32)30(5)14-20-15-33-25(3,4)35-20/h6-12,16,20H,13-15H2,1-5H3,(H2,28,29)/t20-/m1/s1. The maximum atomic E-state index is 13.5. The number of nitrogens with two attached hydrogens (primary N) is 1. The lowest BCUT2D eigenvalue weighted by Crippen LogP contribution is -2.49. The molecule has 1 aliphatic rings. The molecule has 2 N–H and O–H groups in total. The number of carbonyl (C=O) groups excluding carboxylic acids is 1. The normalized spacial score (nSPS) is 17.5. The third kappa shape index (κ3) is 7.73. The van der Waals surface area contributed by atoms with Gasteiger partial charge in [-0.05, 0) is 63.6 Å². The summed E-state index contributed by atoms with van der Waals surface area (Å²) in [4.78, 5) is 20.9. The first-order valence-corrected chi connectivity index (χ1v) is 12.1. The van der Waals surface area contributed by atoms with E-state index in [1.807, 2.05) is 39.8 Å². The summed E-state index contributed by atoms with van der Waals surface area (Å²) in [6.45, 7) is 8.45. The van der Waals surface area contributed by atoms with Crippen LogP contribution in [0.25, 0.3) is 0 Å². The number of carbonyl (C=O) groups is 1. The molecular weight excluding hydrogens is 491 g/mol. The van der Waals surface area contributed by atoms with Gasteiger partial charge in [0.15, 0.2) is 5.79 Å². The molecule has 2 aromatic carbocycles. The third-order valence-corrected chi connectivity index (χ3v) is 5.70. The molecule has 1 aliphatic heterocycles. The molecule has 0 saturated carbocycles. The Morgan fingerprint density at radius 3 is 2.49 bits per heavy atom. The van der Waals surface area contributed by atoms with Gasteiger partial charge in [0.1, 0.15) is 11.9 Å². The Balaban J connectivity index is 1.83. The lowest BCUT2D eigenvalue weighted by atomic mass is 10.2. The van der Waals surface area contributed by atoms with Crippen LogP contribution < -0.4 is 10.5 Å². The lowest BCUT2D eigenvalue weighted by molar-refractivity contribution is -0.139. The van der Waals surface area contributed by atoms with Gasteiger partial charge in [-0.1, -0.05) is 35.3 Å². The van der Waals surface area contributed by atoms with E-state index in [4.69, 9.17) is 43.1 Å². The van der Waals surface area contributed by atoms with Gasteiger partial charge in [-0.25, -0.2) is 9.79 Å². The van der Waals surface area contributed by atoms with Crippen LogP contribution >= 0.6 is 23.2 Å². The number of hydrogen-bond donors (Lipinski definition) is 1. The fourth-order valence-electron chi connectivity index (χ4n) is 3.56. The topological polar surface area (TPSA) is 89.6 Å².